The largest absolute Gasteiger partial charge is 0.294 e. The van der Waals surface area contributed by atoms with E-state index in [0.717, 1.165) is 17.0 Å². The van der Waals surface area contributed by atoms with Crippen LogP contribution in [-0.2, 0) is 6.54 Å². The van der Waals surface area contributed by atoms with Crippen molar-refractivity contribution in [3.63, 3.8) is 0 Å². The number of aromatic nitrogens is 2. The predicted octanol–water partition coefficient (Wildman–Crippen LogP) is 3.90. The van der Waals surface area contributed by atoms with Crippen LogP contribution in [0.15, 0.2) is 59.7 Å². The molecule has 1 N–H and O–H groups in total. The van der Waals surface area contributed by atoms with E-state index in [9.17, 15) is 10.1 Å². The second-order valence-corrected chi connectivity index (χ2v) is 5.87. The van der Waals surface area contributed by atoms with Crippen molar-refractivity contribution in [1.29, 1.82) is 0 Å². The zero-order valence-corrected chi connectivity index (χ0v) is 14.6. The Morgan fingerprint density at radius 2 is 1.85 bits per heavy atom. The lowest BCUT2D eigenvalue weighted by Gasteiger charge is -2.04. The van der Waals surface area contributed by atoms with Gasteiger partial charge in [-0.3, -0.25) is 20.2 Å². The number of para-hydroxylation sites is 2. The number of nitro benzene ring substituents is 1. The molecule has 7 nitrogen and oxygen atoms in total. The standard InChI is InChI=1S/C19H19N5O2/c1-14-17(12-20-21-18-10-6-7-11-19(18)24(25)26)15(2)23(22-14)13-16-8-4-3-5-9-16/h3-12,21H,13H2,1-2H3/b20-12+. The molecule has 0 atom stereocenters. The molecule has 26 heavy (non-hydrogen) atoms. The van der Waals surface area contributed by atoms with Gasteiger partial charge in [0.25, 0.3) is 5.69 Å². The Balaban J connectivity index is 1.78. The molecule has 1 aromatic heterocycles. The van der Waals surface area contributed by atoms with Gasteiger partial charge in [-0.05, 0) is 25.5 Å². The predicted molar refractivity (Wildman–Crippen MR) is 102 cm³/mol. The topological polar surface area (TPSA) is 85.3 Å². The van der Waals surface area contributed by atoms with E-state index >= 15 is 0 Å². The Kier molecular flexibility index (Phi) is 5.07. The molecule has 1 heterocycles. The van der Waals surface area contributed by atoms with Gasteiger partial charge in [-0.2, -0.15) is 10.2 Å². The van der Waals surface area contributed by atoms with Crippen molar-refractivity contribution < 1.29 is 4.92 Å². The molecular weight excluding hydrogens is 330 g/mol. The van der Waals surface area contributed by atoms with E-state index in [4.69, 9.17) is 0 Å². The number of hydrazone groups is 1. The molecule has 0 unspecified atom stereocenters. The van der Waals surface area contributed by atoms with Crippen LogP contribution in [0.1, 0.15) is 22.5 Å². The summed E-state index contributed by atoms with van der Waals surface area (Å²) in [6.45, 7) is 4.58. The lowest BCUT2D eigenvalue weighted by molar-refractivity contribution is -0.384. The van der Waals surface area contributed by atoms with E-state index in [2.05, 4.69) is 27.8 Å². The molecule has 0 bridgehead atoms. The number of rotatable bonds is 6. The zero-order chi connectivity index (χ0) is 18.5. The molecule has 3 rings (SSSR count). The monoisotopic (exact) mass is 349 g/mol. The first-order chi connectivity index (χ1) is 12.6. The molecular formula is C19H19N5O2. The SMILES string of the molecule is Cc1nn(Cc2ccccc2)c(C)c1/C=N/Nc1ccccc1[N+](=O)[O-]. The van der Waals surface area contributed by atoms with Crippen LogP contribution in [0, 0.1) is 24.0 Å². The maximum atomic E-state index is 11.0. The van der Waals surface area contributed by atoms with E-state index in [1.165, 1.54) is 11.6 Å². The molecule has 0 amide bonds. The molecule has 2 aromatic carbocycles. The van der Waals surface area contributed by atoms with Crippen molar-refractivity contribution in [3.8, 4) is 0 Å². The molecule has 0 aliphatic carbocycles. The van der Waals surface area contributed by atoms with Gasteiger partial charge in [0.15, 0.2) is 0 Å². The summed E-state index contributed by atoms with van der Waals surface area (Å²) in [5.41, 5.74) is 6.98. The lowest BCUT2D eigenvalue weighted by Crippen LogP contribution is -2.04. The number of anilines is 1. The van der Waals surface area contributed by atoms with Crippen LogP contribution < -0.4 is 5.43 Å². The average molecular weight is 349 g/mol. The quantitative estimate of drug-likeness (QED) is 0.415. The number of hydrogen-bond donors (Lipinski definition) is 1. The number of hydrogen-bond acceptors (Lipinski definition) is 5. The van der Waals surface area contributed by atoms with Gasteiger partial charge in [-0.15, -0.1) is 0 Å². The second-order valence-electron chi connectivity index (χ2n) is 5.87. The fourth-order valence-corrected chi connectivity index (χ4v) is 2.70. The van der Waals surface area contributed by atoms with Crippen LogP contribution in [0.4, 0.5) is 11.4 Å². The smallest absolute Gasteiger partial charge is 0.272 e. The highest BCUT2D eigenvalue weighted by molar-refractivity contribution is 5.83. The third-order valence-electron chi connectivity index (χ3n) is 4.09. The molecule has 0 radical (unpaired) electrons. The molecule has 0 fully saturated rings. The van der Waals surface area contributed by atoms with Crippen molar-refractivity contribution >= 4 is 17.6 Å². The van der Waals surface area contributed by atoms with Crippen molar-refractivity contribution in [2.24, 2.45) is 5.10 Å². The van der Waals surface area contributed by atoms with Crippen molar-refractivity contribution in [2.45, 2.75) is 20.4 Å². The first-order valence-corrected chi connectivity index (χ1v) is 8.16. The minimum atomic E-state index is -0.438. The normalized spacial score (nSPS) is 11.0. The molecule has 0 saturated heterocycles. The highest BCUT2D eigenvalue weighted by Gasteiger charge is 2.12. The van der Waals surface area contributed by atoms with E-state index < -0.39 is 4.92 Å². The summed E-state index contributed by atoms with van der Waals surface area (Å²) in [6, 6.07) is 16.5. The number of nitrogens with one attached hydrogen (secondary N) is 1. The van der Waals surface area contributed by atoms with Crippen LogP contribution >= 0.6 is 0 Å². The van der Waals surface area contributed by atoms with Gasteiger partial charge in [-0.25, -0.2) is 0 Å². The molecule has 3 aromatic rings. The Hall–Kier alpha value is -3.48. The Morgan fingerprint density at radius 1 is 1.15 bits per heavy atom. The Morgan fingerprint density at radius 3 is 2.58 bits per heavy atom. The number of aryl methyl sites for hydroxylation is 1. The third-order valence-corrected chi connectivity index (χ3v) is 4.09. The second kappa shape index (κ2) is 7.60. The molecule has 0 spiro atoms. The molecule has 0 aliphatic heterocycles. The maximum Gasteiger partial charge on any atom is 0.294 e. The van der Waals surface area contributed by atoms with Gasteiger partial charge in [0.1, 0.15) is 5.69 Å². The van der Waals surface area contributed by atoms with Gasteiger partial charge in [0.05, 0.1) is 23.4 Å². The van der Waals surface area contributed by atoms with Crippen LogP contribution in [0.3, 0.4) is 0 Å². The summed E-state index contributed by atoms with van der Waals surface area (Å²) in [5, 5.41) is 19.8. The summed E-state index contributed by atoms with van der Waals surface area (Å²) in [5.74, 6) is 0. The maximum absolute atomic E-state index is 11.0. The van der Waals surface area contributed by atoms with Crippen molar-refractivity contribution in [2.75, 3.05) is 5.43 Å². The van der Waals surface area contributed by atoms with Gasteiger partial charge in [-0.1, -0.05) is 42.5 Å². The first kappa shape index (κ1) is 17.3. The summed E-state index contributed by atoms with van der Waals surface area (Å²) in [4.78, 5) is 10.6. The highest BCUT2D eigenvalue weighted by atomic mass is 16.6. The Bertz CT molecular complexity index is 948. The minimum absolute atomic E-state index is 0.0159. The average Bonchev–Trinajstić information content (AvgIpc) is 2.90. The van der Waals surface area contributed by atoms with Gasteiger partial charge in [0, 0.05) is 17.3 Å². The minimum Gasteiger partial charge on any atom is -0.272 e. The summed E-state index contributed by atoms with van der Waals surface area (Å²) in [7, 11) is 0. The van der Waals surface area contributed by atoms with Gasteiger partial charge < -0.3 is 0 Å². The van der Waals surface area contributed by atoms with E-state index in [1.807, 2.05) is 36.7 Å². The third kappa shape index (κ3) is 3.77. The van der Waals surface area contributed by atoms with Crippen LogP contribution in [-0.4, -0.2) is 20.9 Å². The number of nitro groups is 1. The van der Waals surface area contributed by atoms with Crippen LogP contribution in [0.25, 0.3) is 0 Å². The zero-order valence-electron chi connectivity index (χ0n) is 14.6. The summed E-state index contributed by atoms with van der Waals surface area (Å²) < 4.78 is 1.93. The number of benzene rings is 2. The van der Waals surface area contributed by atoms with Gasteiger partial charge in [0.2, 0.25) is 0 Å². The summed E-state index contributed by atoms with van der Waals surface area (Å²) in [6.07, 6.45) is 1.65. The first-order valence-electron chi connectivity index (χ1n) is 8.16. The van der Waals surface area contributed by atoms with Crippen LogP contribution in [0.2, 0.25) is 0 Å². The molecule has 0 saturated carbocycles. The highest BCUT2D eigenvalue weighted by Crippen LogP contribution is 2.23. The fourth-order valence-electron chi connectivity index (χ4n) is 2.70. The number of nitrogens with zero attached hydrogens (tertiary/aromatic N) is 4. The van der Waals surface area contributed by atoms with Crippen LogP contribution in [0.5, 0.6) is 0 Å². The summed E-state index contributed by atoms with van der Waals surface area (Å²) >= 11 is 0. The van der Waals surface area contributed by atoms with Gasteiger partial charge >= 0.3 is 0 Å². The molecule has 7 heteroatoms. The molecule has 0 aliphatic rings. The lowest BCUT2D eigenvalue weighted by atomic mass is 10.2. The van der Waals surface area contributed by atoms with E-state index in [1.54, 1.807) is 24.4 Å². The Labute approximate surface area is 151 Å². The van der Waals surface area contributed by atoms with E-state index in [-0.39, 0.29) is 5.69 Å². The van der Waals surface area contributed by atoms with Crippen molar-refractivity contribution in [3.05, 3.63) is 87.2 Å². The molecule has 132 valence electrons. The van der Waals surface area contributed by atoms with E-state index in [0.29, 0.717) is 12.2 Å². The fraction of sp³-hybridized carbons (Fsp3) is 0.158. The van der Waals surface area contributed by atoms with Crippen molar-refractivity contribution in [1.82, 2.24) is 9.78 Å².